The van der Waals surface area contributed by atoms with Gasteiger partial charge in [-0.15, -0.1) is 0 Å². The molecule has 1 aliphatic rings. The quantitative estimate of drug-likeness (QED) is 0.353. The van der Waals surface area contributed by atoms with Gasteiger partial charge in [-0.2, -0.15) is 0 Å². The summed E-state index contributed by atoms with van der Waals surface area (Å²) in [5.74, 6) is 1.49. The monoisotopic (exact) mass is 467 g/mol. The minimum atomic E-state index is -0.142. The first-order valence-electron chi connectivity index (χ1n) is 12.5. The Morgan fingerprint density at radius 3 is 2.51 bits per heavy atom. The molecule has 1 atom stereocenters. The van der Waals surface area contributed by atoms with E-state index in [1.54, 1.807) is 7.11 Å². The second kappa shape index (κ2) is 10.3. The number of amides is 1. The number of hydrogen-bond donors (Lipinski definition) is 0. The molecule has 5 nitrogen and oxygen atoms in total. The van der Waals surface area contributed by atoms with Crippen LogP contribution in [0.5, 0.6) is 5.75 Å². The standard InChI is InChI=1S/C30H33N3O2/c1-22-9-8-14-29-31-21-27(33(22)29)26(25-12-6-7-13-28(25)35-2)20-30(34)32-17-15-24(16-18-32)19-23-10-4-3-5-11-23/h3-14,21,24,26H,15-20H2,1-2H3. The van der Waals surface area contributed by atoms with E-state index in [9.17, 15) is 4.79 Å². The van der Waals surface area contributed by atoms with E-state index in [0.717, 1.165) is 60.7 Å². The van der Waals surface area contributed by atoms with E-state index >= 15 is 0 Å². The number of likely N-dealkylation sites (tertiary alicyclic amines) is 1. The Labute approximate surface area is 207 Å². The summed E-state index contributed by atoms with van der Waals surface area (Å²) in [6, 6.07) is 24.8. The van der Waals surface area contributed by atoms with E-state index in [2.05, 4.69) is 63.7 Å². The van der Waals surface area contributed by atoms with Gasteiger partial charge in [0.2, 0.25) is 5.91 Å². The van der Waals surface area contributed by atoms with Crippen LogP contribution >= 0.6 is 0 Å². The van der Waals surface area contributed by atoms with Gasteiger partial charge in [0, 0.05) is 42.9 Å². The van der Waals surface area contributed by atoms with Crippen LogP contribution in [0.4, 0.5) is 0 Å². The number of carbonyl (C=O) groups excluding carboxylic acids is 1. The number of imidazole rings is 1. The average Bonchev–Trinajstić information content (AvgIpc) is 3.33. The second-order valence-electron chi connectivity index (χ2n) is 9.56. The largest absolute Gasteiger partial charge is 0.496 e. The van der Waals surface area contributed by atoms with Crippen molar-refractivity contribution in [1.29, 1.82) is 0 Å². The van der Waals surface area contributed by atoms with Crippen LogP contribution in [0, 0.1) is 12.8 Å². The lowest BCUT2D eigenvalue weighted by atomic mass is 9.88. The molecule has 180 valence electrons. The van der Waals surface area contributed by atoms with Gasteiger partial charge in [-0.1, -0.05) is 54.6 Å². The third-order valence-electron chi connectivity index (χ3n) is 7.34. The van der Waals surface area contributed by atoms with Crippen molar-refractivity contribution in [3.63, 3.8) is 0 Å². The van der Waals surface area contributed by atoms with E-state index in [1.165, 1.54) is 5.56 Å². The number of benzene rings is 2. The Hall–Kier alpha value is -3.60. The van der Waals surface area contributed by atoms with E-state index in [4.69, 9.17) is 4.74 Å². The molecular formula is C30H33N3O2. The highest BCUT2D eigenvalue weighted by Crippen LogP contribution is 2.36. The molecular weight excluding hydrogens is 434 g/mol. The molecule has 2 aromatic heterocycles. The van der Waals surface area contributed by atoms with Crippen molar-refractivity contribution in [2.75, 3.05) is 20.2 Å². The molecule has 0 saturated carbocycles. The predicted octanol–water partition coefficient (Wildman–Crippen LogP) is 5.65. The number of carbonyl (C=O) groups is 1. The summed E-state index contributed by atoms with van der Waals surface area (Å²) in [7, 11) is 1.69. The topological polar surface area (TPSA) is 46.8 Å². The summed E-state index contributed by atoms with van der Waals surface area (Å²) in [6.45, 7) is 3.72. The predicted molar refractivity (Wildman–Crippen MR) is 139 cm³/mol. The molecule has 5 heteroatoms. The summed E-state index contributed by atoms with van der Waals surface area (Å²) in [5.41, 5.74) is 5.43. The van der Waals surface area contributed by atoms with Crippen molar-refractivity contribution < 1.29 is 9.53 Å². The molecule has 2 aromatic carbocycles. The number of para-hydroxylation sites is 1. The fourth-order valence-corrected chi connectivity index (χ4v) is 5.44. The van der Waals surface area contributed by atoms with E-state index < -0.39 is 0 Å². The Balaban J connectivity index is 1.37. The fraction of sp³-hybridized carbons (Fsp3) is 0.333. The number of hydrogen-bond acceptors (Lipinski definition) is 3. The van der Waals surface area contributed by atoms with Crippen LogP contribution in [0.25, 0.3) is 5.65 Å². The molecule has 0 aliphatic carbocycles. The Kier molecular flexibility index (Phi) is 6.84. The highest BCUT2D eigenvalue weighted by molar-refractivity contribution is 5.78. The smallest absolute Gasteiger partial charge is 0.223 e. The van der Waals surface area contributed by atoms with Gasteiger partial charge in [0.25, 0.3) is 0 Å². The molecule has 1 saturated heterocycles. The van der Waals surface area contributed by atoms with Gasteiger partial charge in [-0.25, -0.2) is 4.98 Å². The van der Waals surface area contributed by atoms with Crippen LogP contribution in [-0.4, -0.2) is 40.4 Å². The van der Waals surface area contributed by atoms with Gasteiger partial charge in [-0.05, 0) is 55.9 Å². The number of methoxy groups -OCH3 is 1. The van der Waals surface area contributed by atoms with E-state index in [-0.39, 0.29) is 11.8 Å². The number of aryl methyl sites for hydroxylation is 1. The Morgan fingerprint density at radius 2 is 1.74 bits per heavy atom. The lowest BCUT2D eigenvalue weighted by Gasteiger charge is -2.33. The first-order chi connectivity index (χ1) is 17.1. The van der Waals surface area contributed by atoms with Crippen LogP contribution < -0.4 is 4.74 Å². The number of piperidine rings is 1. The zero-order valence-corrected chi connectivity index (χ0v) is 20.6. The van der Waals surface area contributed by atoms with Crippen LogP contribution in [0.1, 0.15) is 47.7 Å². The maximum atomic E-state index is 13.6. The average molecular weight is 468 g/mol. The number of aromatic nitrogens is 2. The summed E-state index contributed by atoms with van der Waals surface area (Å²) >= 11 is 0. The summed E-state index contributed by atoms with van der Waals surface area (Å²) < 4.78 is 7.87. The van der Waals surface area contributed by atoms with E-state index in [1.807, 2.05) is 36.5 Å². The van der Waals surface area contributed by atoms with Gasteiger partial charge in [0.1, 0.15) is 11.4 Å². The third-order valence-corrected chi connectivity index (χ3v) is 7.34. The highest BCUT2D eigenvalue weighted by atomic mass is 16.5. The molecule has 5 rings (SSSR count). The molecule has 1 unspecified atom stereocenters. The second-order valence-corrected chi connectivity index (χ2v) is 9.56. The zero-order chi connectivity index (χ0) is 24.2. The molecule has 1 fully saturated rings. The lowest BCUT2D eigenvalue weighted by molar-refractivity contribution is -0.132. The molecule has 0 bridgehead atoms. The molecule has 0 spiro atoms. The van der Waals surface area contributed by atoms with Gasteiger partial charge < -0.3 is 14.0 Å². The molecule has 0 radical (unpaired) electrons. The number of fused-ring (bicyclic) bond motifs is 1. The Bertz CT molecular complexity index is 1290. The first-order valence-corrected chi connectivity index (χ1v) is 12.5. The Morgan fingerprint density at radius 1 is 1.00 bits per heavy atom. The molecule has 35 heavy (non-hydrogen) atoms. The van der Waals surface area contributed by atoms with Crippen molar-refractivity contribution >= 4 is 11.6 Å². The molecule has 3 heterocycles. The summed E-state index contributed by atoms with van der Waals surface area (Å²) in [5, 5.41) is 0. The number of rotatable bonds is 7. The number of pyridine rings is 1. The molecule has 0 N–H and O–H groups in total. The van der Waals surface area contributed by atoms with Crippen LogP contribution in [0.2, 0.25) is 0 Å². The van der Waals surface area contributed by atoms with Gasteiger partial charge >= 0.3 is 0 Å². The maximum absolute atomic E-state index is 13.6. The van der Waals surface area contributed by atoms with Crippen molar-refractivity contribution in [3.05, 3.63) is 102 Å². The zero-order valence-electron chi connectivity index (χ0n) is 20.6. The van der Waals surface area contributed by atoms with Crippen molar-refractivity contribution in [1.82, 2.24) is 14.3 Å². The lowest BCUT2D eigenvalue weighted by Crippen LogP contribution is -2.39. The molecule has 1 amide bonds. The van der Waals surface area contributed by atoms with Crippen molar-refractivity contribution in [2.45, 2.75) is 38.5 Å². The van der Waals surface area contributed by atoms with Crippen LogP contribution in [-0.2, 0) is 11.2 Å². The normalized spacial score (nSPS) is 15.3. The van der Waals surface area contributed by atoms with Crippen molar-refractivity contribution in [2.24, 2.45) is 5.92 Å². The van der Waals surface area contributed by atoms with Crippen LogP contribution in [0.3, 0.4) is 0 Å². The SMILES string of the molecule is COc1ccccc1C(CC(=O)N1CCC(Cc2ccccc2)CC1)c1cnc2cccc(C)n12. The minimum Gasteiger partial charge on any atom is -0.496 e. The third kappa shape index (κ3) is 4.95. The highest BCUT2D eigenvalue weighted by Gasteiger charge is 2.29. The number of nitrogens with zero attached hydrogens (tertiary/aromatic N) is 3. The molecule has 1 aliphatic heterocycles. The summed E-state index contributed by atoms with van der Waals surface area (Å²) in [6.07, 6.45) is 5.50. The minimum absolute atomic E-state index is 0.142. The first kappa shape index (κ1) is 23.2. The molecule has 4 aromatic rings. The van der Waals surface area contributed by atoms with E-state index in [0.29, 0.717) is 12.3 Å². The maximum Gasteiger partial charge on any atom is 0.223 e. The van der Waals surface area contributed by atoms with Crippen LogP contribution in [0.15, 0.2) is 79.0 Å². The van der Waals surface area contributed by atoms with Crippen molar-refractivity contribution in [3.8, 4) is 5.75 Å². The van der Waals surface area contributed by atoms with Gasteiger partial charge in [-0.3, -0.25) is 4.79 Å². The van der Waals surface area contributed by atoms with Gasteiger partial charge in [0.05, 0.1) is 12.8 Å². The van der Waals surface area contributed by atoms with Gasteiger partial charge in [0.15, 0.2) is 0 Å². The number of ether oxygens (including phenoxy) is 1. The fourth-order valence-electron chi connectivity index (χ4n) is 5.44. The summed E-state index contributed by atoms with van der Waals surface area (Å²) in [4.78, 5) is 20.3.